The first kappa shape index (κ1) is 20.8. The number of fused-ring (bicyclic) bond motifs is 1. The molecule has 0 unspecified atom stereocenters. The highest BCUT2D eigenvalue weighted by Gasteiger charge is 2.17. The van der Waals surface area contributed by atoms with Crippen molar-refractivity contribution in [3.05, 3.63) is 81.9 Å². The zero-order valence-electron chi connectivity index (χ0n) is 17.1. The van der Waals surface area contributed by atoms with Gasteiger partial charge in [-0.3, -0.25) is 4.79 Å². The summed E-state index contributed by atoms with van der Waals surface area (Å²) in [5.41, 5.74) is 1.39. The monoisotopic (exact) mass is 438 g/mol. The van der Waals surface area contributed by atoms with E-state index in [0.29, 0.717) is 35.7 Å². The molecule has 3 N–H and O–H groups in total. The number of rotatable bonds is 6. The van der Waals surface area contributed by atoms with Gasteiger partial charge in [0.1, 0.15) is 11.5 Å². The first-order valence-corrected chi connectivity index (χ1v) is 11.2. The van der Waals surface area contributed by atoms with E-state index in [1.54, 1.807) is 30.3 Å². The molecule has 0 spiro atoms. The summed E-state index contributed by atoms with van der Waals surface area (Å²) in [6.07, 6.45) is 4.59. The fraction of sp³-hybridized carbons (Fsp3) is 0.182. The summed E-state index contributed by atoms with van der Waals surface area (Å²) >= 11 is 0. The van der Waals surface area contributed by atoms with Gasteiger partial charge in [-0.1, -0.05) is 18.2 Å². The lowest BCUT2D eigenvalue weighted by molar-refractivity contribution is 0.370. The zero-order chi connectivity index (χ0) is 22.0. The maximum absolute atomic E-state index is 12.0. The Morgan fingerprint density at radius 2 is 1.90 bits per heavy atom. The Kier molecular flexibility index (Phi) is 5.62. The number of sulfonamides is 1. The van der Waals surface area contributed by atoms with E-state index in [0.717, 1.165) is 16.5 Å². The van der Waals surface area contributed by atoms with Gasteiger partial charge < -0.3 is 10.1 Å². The number of allylic oxidation sites excluding steroid dienone is 2. The van der Waals surface area contributed by atoms with E-state index in [4.69, 9.17) is 4.74 Å². The van der Waals surface area contributed by atoms with Crippen LogP contribution in [0.5, 0.6) is 0 Å². The average Bonchev–Trinajstić information content (AvgIpc) is 2.79. The number of nitrogens with one attached hydrogen (secondary N) is 3. The maximum atomic E-state index is 12.0. The number of aromatic amines is 1. The van der Waals surface area contributed by atoms with Crippen molar-refractivity contribution in [2.24, 2.45) is 0 Å². The molecule has 0 aliphatic carbocycles. The predicted octanol–water partition coefficient (Wildman–Crippen LogP) is 2.90. The van der Waals surface area contributed by atoms with Crippen molar-refractivity contribution in [1.29, 1.82) is 0 Å². The molecule has 8 nitrogen and oxygen atoms in total. The van der Waals surface area contributed by atoms with E-state index in [-0.39, 0.29) is 10.5 Å². The van der Waals surface area contributed by atoms with Crippen molar-refractivity contribution in [2.75, 3.05) is 18.9 Å². The van der Waals surface area contributed by atoms with Crippen molar-refractivity contribution in [2.45, 2.75) is 18.2 Å². The molecule has 0 bridgehead atoms. The molecule has 160 valence electrons. The van der Waals surface area contributed by atoms with Gasteiger partial charge in [0.2, 0.25) is 10.0 Å². The predicted molar refractivity (Wildman–Crippen MR) is 120 cm³/mol. The molecule has 0 saturated carbocycles. The highest BCUT2D eigenvalue weighted by molar-refractivity contribution is 7.89. The van der Waals surface area contributed by atoms with Crippen molar-refractivity contribution in [3.63, 3.8) is 0 Å². The van der Waals surface area contributed by atoms with Gasteiger partial charge in [-0.05, 0) is 62.4 Å². The molecule has 4 rings (SSSR count). The molecule has 1 aliphatic rings. The third kappa shape index (κ3) is 4.23. The number of hydrogen-bond donors (Lipinski definition) is 3. The van der Waals surface area contributed by atoms with Gasteiger partial charge in [0.05, 0.1) is 16.8 Å². The van der Waals surface area contributed by atoms with E-state index in [2.05, 4.69) is 20.2 Å². The van der Waals surface area contributed by atoms with Crippen LogP contribution in [0.4, 0.5) is 5.82 Å². The fourth-order valence-corrected chi connectivity index (χ4v) is 4.23. The number of nitrogens with zero attached hydrogens (tertiary/aromatic N) is 1. The lowest BCUT2D eigenvalue weighted by Gasteiger charge is -2.20. The van der Waals surface area contributed by atoms with Crippen LogP contribution in [0.3, 0.4) is 0 Å². The summed E-state index contributed by atoms with van der Waals surface area (Å²) in [7, 11) is -2.12. The summed E-state index contributed by atoms with van der Waals surface area (Å²) in [5.74, 6) is 1.94. The van der Waals surface area contributed by atoms with Crippen LogP contribution in [-0.4, -0.2) is 32.2 Å². The Bertz CT molecular complexity index is 1370. The molecule has 2 heterocycles. The van der Waals surface area contributed by atoms with Crippen molar-refractivity contribution >= 4 is 32.4 Å². The van der Waals surface area contributed by atoms with Crippen LogP contribution in [0.15, 0.2) is 70.1 Å². The summed E-state index contributed by atoms with van der Waals surface area (Å²) < 4.78 is 32.4. The second kappa shape index (κ2) is 8.37. The molecule has 9 heteroatoms. The zero-order valence-corrected chi connectivity index (χ0v) is 17.9. The molecule has 2 aromatic carbocycles. The van der Waals surface area contributed by atoms with Crippen LogP contribution in [0.25, 0.3) is 16.5 Å². The normalized spacial score (nSPS) is 14.0. The molecule has 1 aliphatic heterocycles. The van der Waals surface area contributed by atoms with Crippen LogP contribution in [-0.2, 0) is 14.8 Å². The molecule has 0 radical (unpaired) electrons. The molecule has 31 heavy (non-hydrogen) atoms. The lowest BCUT2D eigenvalue weighted by Crippen LogP contribution is -2.18. The second-order valence-electron chi connectivity index (χ2n) is 7.06. The van der Waals surface area contributed by atoms with Crippen molar-refractivity contribution < 1.29 is 13.2 Å². The Balaban J connectivity index is 1.50. The van der Waals surface area contributed by atoms with Gasteiger partial charge in [-0.2, -0.15) is 5.10 Å². The number of anilines is 1. The smallest absolute Gasteiger partial charge is 0.272 e. The number of hydrogen-bond acceptors (Lipinski definition) is 6. The van der Waals surface area contributed by atoms with Crippen LogP contribution >= 0.6 is 0 Å². The minimum Gasteiger partial charge on any atom is -0.460 e. The van der Waals surface area contributed by atoms with Crippen LogP contribution in [0.1, 0.15) is 17.5 Å². The molecule has 1 aromatic heterocycles. The SMILES string of the molecule is CNS(=O)(=O)c1ccc(C2=CCC=C(CNc3n[nH]c(=O)c4ccccc34)O2)c(C)c1. The molecular formula is C22H22N4O4S. The van der Waals surface area contributed by atoms with Crippen LogP contribution < -0.4 is 15.6 Å². The molecule has 0 amide bonds. The van der Waals surface area contributed by atoms with E-state index < -0.39 is 10.0 Å². The average molecular weight is 439 g/mol. The van der Waals surface area contributed by atoms with Crippen molar-refractivity contribution in [1.82, 2.24) is 14.9 Å². The summed E-state index contributed by atoms with van der Waals surface area (Å²) in [4.78, 5) is 12.2. The van der Waals surface area contributed by atoms with Gasteiger partial charge in [0, 0.05) is 10.9 Å². The van der Waals surface area contributed by atoms with E-state index in [1.807, 2.05) is 31.2 Å². The highest BCUT2D eigenvalue weighted by Crippen LogP contribution is 2.28. The highest BCUT2D eigenvalue weighted by atomic mass is 32.2. The third-order valence-electron chi connectivity index (χ3n) is 5.06. The molecule has 3 aromatic rings. The number of benzene rings is 2. The maximum Gasteiger partial charge on any atom is 0.272 e. The summed E-state index contributed by atoms with van der Waals surface area (Å²) in [5, 5.41) is 11.1. The van der Waals surface area contributed by atoms with Crippen molar-refractivity contribution in [3.8, 4) is 0 Å². The Labute approximate surface area is 179 Å². The first-order valence-electron chi connectivity index (χ1n) is 9.72. The Morgan fingerprint density at radius 3 is 2.65 bits per heavy atom. The van der Waals surface area contributed by atoms with Crippen LogP contribution in [0.2, 0.25) is 0 Å². The molecule has 0 fully saturated rings. The van der Waals surface area contributed by atoms with Gasteiger partial charge >= 0.3 is 0 Å². The number of H-pyrrole nitrogens is 1. The minimum atomic E-state index is -3.50. The topological polar surface area (TPSA) is 113 Å². The van der Waals surface area contributed by atoms with E-state index >= 15 is 0 Å². The summed E-state index contributed by atoms with van der Waals surface area (Å²) in [6, 6.07) is 12.2. The van der Waals surface area contributed by atoms with E-state index in [1.165, 1.54) is 7.05 Å². The molecular weight excluding hydrogens is 416 g/mol. The molecule has 0 saturated heterocycles. The summed E-state index contributed by atoms with van der Waals surface area (Å²) in [6.45, 7) is 2.23. The Morgan fingerprint density at radius 1 is 1.13 bits per heavy atom. The van der Waals surface area contributed by atoms with E-state index in [9.17, 15) is 13.2 Å². The van der Waals surface area contributed by atoms with Gasteiger partial charge in [0.25, 0.3) is 5.56 Å². The van der Waals surface area contributed by atoms with Gasteiger partial charge in [0.15, 0.2) is 5.82 Å². The second-order valence-corrected chi connectivity index (χ2v) is 8.95. The number of aromatic nitrogens is 2. The molecule has 0 atom stereocenters. The largest absolute Gasteiger partial charge is 0.460 e. The lowest BCUT2D eigenvalue weighted by atomic mass is 10.1. The van der Waals surface area contributed by atoms with Crippen LogP contribution in [0, 0.1) is 6.92 Å². The minimum absolute atomic E-state index is 0.209. The third-order valence-corrected chi connectivity index (χ3v) is 6.47. The standard InChI is InChI=1S/C22H22N4O4S/c1-14-12-16(31(28,29)23-2)10-11-17(14)20-9-5-6-15(30-20)13-24-21-18-7-3-4-8-19(18)22(27)26-25-21/h3-4,6-12,23H,5,13H2,1-2H3,(H,24,25)(H,26,27). The van der Waals surface area contributed by atoms with Gasteiger partial charge in [-0.25, -0.2) is 18.2 Å². The number of aryl methyl sites for hydroxylation is 1. The fourth-order valence-electron chi connectivity index (χ4n) is 3.41. The number of ether oxygens (including phenoxy) is 1. The van der Waals surface area contributed by atoms with Gasteiger partial charge in [-0.15, -0.1) is 0 Å². The Hall–Kier alpha value is -3.43. The quantitative estimate of drug-likeness (QED) is 0.545. The first-order chi connectivity index (χ1) is 14.9.